The summed E-state index contributed by atoms with van der Waals surface area (Å²) < 4.78 is 18.3. The number of benzene rings is 1. The van der Waals surface area contributed by atoms with Crippen molar-refractivity contribution in [1.82, 2.24) is 5.32 Å². The zero-order chi connectivity index (χ0) is 16.0. The number of ether oxygens (including phenoxy) is 1. The minimum absolute atomic E-state index is 0.00156. The summed E-state index contributed by atoms with van der Waals surface area (Å²) >= 11 is 11.6. The van der Waals surface area contributed by atoms with Gasteiger partial charge in [-0.15, -0.1) is 0 Å². The molecule has 0 aliphatic carbocycles. The van der Waals surface area contributed by atoms with Crippen LogP contribution in [0.5, 0.6) is 5.75 Å². The molecule has 0 radical (unpaired) electrons. The van der Waals surface area contributed by atoms with Gasteiger partial charge in [0.25, 0.3) is 5.91 Å². The Morgan fingerprint density at radius 3 is 2.62 bits per heavy atom. The molecule has 0 heterocycles. The minimum Gasteiger partial charge on any atom is -0.494 e. The minimum atomic E-state index is -0.517. The Kier molecular flexibility index (Phi) is 6.46. The Bertz CT molecular complexity index is 612. The molecule has 3 nitrogen and oxygen atoms in total. The molecule has 0 fully saturated rings. The van der Waals surface area contributed by atoms with Gasteiger partial charge >= 0.3 is 0 Å². The van der Waals surface area contributed by atoms with Crippen LogP contribution in [0.25, 0.3) is 0 Å². The molecule has 1 N–H and O–H groups in total. The Morgan fingerprint density at radius 1 is 1.48 bits per heavy atom. The van der Waals surface area contributed by atoms with E-state index >= 15 is 0 Å². The summed E-state index contributed by atoms with van der Waals surface area (Å²) in [6.45, 7) is 7.04. The molecular formula is C15H14Cl2FNO2. The normalized spacial score (nSPS) is 11.4. The van der Waals surface area contributed by atoms with Gasteiger partial charge in [0, 0.05) is 11.6 Å². The third-order valence-corrected chi connectivity index (χ3v) is 3.12. The second-order valence-corrected chi connectivity index (χ2v) is 4.85. The number of allylic oxidation sites excluding steroid dienone is 2. The number of carbonyl (C=O) groups is 1. The molecule has 0 atom stereocenters. The van der Waals surface area contributed by atoms with Crippen molar-refractivity contribution in [3.05, 3.63) is 64.5 Å². The van der Waals surface area contributed by atoms with Crippen LogP contribution in [-0.2, 0) is 11.3 Å². The van der Waals surface area contributed by atoms with Crippen LogP contribution < -0.4 is 10.1 Å². The van der Waals surface area contributed by atoms with Gasteiger partial charge in [-0.3, -0.25) is 4.79 Å². The summed E-state index contributed by atoms with van der Waals surface area (Å²) in [5.41, 5.74) is 0.596. The first-order valence-electron chi connectivity index (χ1n) is 5.88. The zero-order valence-electron chi connectivity index (χ0n) is 11.4. The first-order chi connectivity index (χ1) is 9.90. The highest BCUT2D eigenvalue weighted by atomic mass is 35.5. The van der Waals surface area contributed by atoms with Crippen LogP contribution in [0.2, 0.25) is 0 Å². The molecule has 112 valence electrons. The fourth-order valence-corrected chi connectivity index (χ4v) is 1.99. The van der Waals surface area contributed by atoms with Crippen molar-refractivity contribution in [3.63, 3.8) is 0 Å². The Hall–Kier alpha value is -1.78. The lowest BCUT2D eigenvalue weighted by molar-refractivity contribution is -0.117. The molecule has 0 saturated carbocycles. The van der Waals surface area contributed by atoms with Gasteiger partial charge in [-0.1, -0.05) is 42.4 Å². The number of hydrogen-bond acceptors (Lipinski definition) is 2. The van der Waals surface area contributed by atoms with Crippen LogP contribution in [0, 0.1) is 5.82 Å². The number of hydrogen-bond donors (Lipinski definition) is 1. The number of halogens is 3. The number of carbonyl (C=O) groups excluding carboxylic acids is 1. The van der Waals surface area contributed by atoms with E-state index in [9.17, 15) is 9.18 Å². The molecular weight excluding hydrogens is 316 g/mol. The van der Waals surface area contributed by atoms with Crippen LogP contribution in [0.4, 0.5) is 4.39 Å². The highest BCUT2D eigenvalue weighted by molar-refractivity contribution is 6.40. The summed E-state index contributed by atoms with van der Waals surface area (Å²) in [6.07, 6.45) is 1.29. The lowest BCUT2D eigenvalue weighted by Gasteiger charge is -2.10. The molecule has 21 heavy (non-hydrogen) atoms. The second kappa shape index (κ2) is 7.86. The van der Waals surface area contributed by atoms with E-state index < -0.39 is 11.7 Å². The van der Waals surface area contributed by atoms with Gasteiger partial charge in [0.1, 0.15) is 0 Å². The molecule has 0 aliphatic rings. The quantitative estimate of drug-likeness (QED) is 0.635. The van der Waals surface area contributed by atoms with Gasteiger partial charge in [0.2, 0.25) is 0 Å². The van der Waals surface area contributed by atoms with E-state index in [0.717, 1.165) is 0 Å². The molecule has 6 heteroatoms. The zero-order valence-corrected chi connectivity index (χ0v) is 12.9. The van der Waals surface area contributed by atoms with Crippen molar-refractivity contribution in [2.75, 3.05) is 7.11 Å². The highest BCUT2D eigenvalue weighted by Crippen LogP contribution is 2.21. The van der Waals surface area contributed by atoms with E-state index in [-0.39, 0.29) is 27.9 Å². The average molecular weight is 330 g/mol. The number of rotatable bonds is 6. The van der Waals surface area contributed by atoms with Crippen molar-refractivity contribution in [2.45, 2.75) is 6.54 Å². The summed E-state index contributed by atoms with van der Waals surface area (Å²) in [5.74, 6) is -0.892. The Morgan fingerprint density at radius 2 is 2.14 bits per heavy atom. The molecule has 0 aliphatic heterocycles. The van der Waals surface area contributed by atoms with Crippen molar-refractivity contribution in [3.8, 4) is 5.75 Å². The third-order valence-electron chi connectivity index (χ3n) is 2.59. The van der Waals surface area contributed by atoms with Gasteiger partial charge in [0.05, 0.1) is 17.7 Å². The lowest BCUT2D eigenvalue weighted by Crippen LogP contribution is -2.25. The SMILES string of the molecule is C=C/C(Cl)=C(\C(=C)Cl)C(=O)NCc1ccc(OC)c(F)c1. The van der Waals surface area contributed by atoms with Gasteiger partial charge in [-0.2, -0.15) is 0 Å². The molecule has 0 aromatic heterocycles. The predicted molar refractivity (Wildman–Crippen MR) is 82.9 cm³/mol. The molecule has 1 rings (SSSR count). The first kappa shape index (κ1) is 17.3. The molecule has 1 aromatic carbocycles. The molecule has 0 saturated heterocycles. The van der Waals surface area contributed by atoms with Crippen molar-refractivity contribution in [1.29, 1.82) is 0 Å². The summed E-state index contributed by atoms with van der Waals surface area (Å²) in [7, 11) is 1.38. The smallest absolute Gasteiger partial charge is 0.254 e. The predicted octanol–water partition coefficient (Wildman–Crippen LogP) is 3.88. The van der Waals surface area contributed by atoms with Gasteiger partial charge in [-0.05, 0) is 23.8 Å². The van der Waals surface area contributed by atoms with E-state index in [1.165, 1.54) is 25.3 Å². The van der Waals surface area contributed by atoms with Gasteiger partial charge in [-0.25, -0.2) is 4.39 Å². The van der Waals surface area contributed by atoms with E-state index in [1.54, 1.807) is 6.07 Å². The highest BCUT2D eigenvalue weighted by Gasteiger charge is 2.15. The number of amides is 1. The molecule has 0 unspecified atom stereocenters. The Balaban J connectivity index is 2.83. The standard InChI is InChI=1S/C15H14Cl2FNO2/c1-4-11(17)14(9(2)16)15(20)19-8-10-5-6-13(21-3)12(18)7-10/h4-7H,1-2,8H2,3H3,(H,19,20)/b14-11-. The molecule has 1 aromatic rings. The fraction of sp³-hybridized carbons (Fsp3) is 0.133. The van der Waals surface area contributed by atoms with Crippen LogP contribution >= 0.6 is 23.2 Å². The summed E-state index contributed by atoms with van der Waals surface area (Å²) in [4.78, 5) is 12.0. The lowest BCUT2D eigenvalue weighted by atomic mass is 10.2. The number of methoxy groups -OCH3 is 1. The van der Waals surface area contributed by atoms with Crippen molar-refractivity contribution >= 4 is 29.1 Å². The van der Waals surface area contributed by atoms with Crippen molar-refractivity contribution < 1.29 is 13.9 Å². The maximum atomic E-state index is 13.5. The van der Waals surface area contributed by atoms with Crippen LogP contribution in [-0.4, -0.2) is 13.0 Å². The molecule has 0 spiro atoms. The molecule has 0 bridgehead atoms. The van der Waals surface area contributed by atoms with Crippen LogP contribution in [0.1, 0.15) is 5.56 Å². The first-order valence-corrected chi connectivity index (χ1v) is 6.63. The largest absolute Gasteiger partial charge is 0.494 e. The van der Waals surface area contributed by atoms with Crippen molar-refractivity contribution in [2.24, 2.45) is 0 Å². The monoisotopic (exact) mass is 329 g/mol. The number of nitrogens with one attached hydrogen (secondary N) is 1. The third kappa shape index (κ3) is 4.62. The summed E-state index contributed by atoms with van der Waals surface area (Å²) in [5, 5.41) is 2.67. The fourth-order valence-electron chi connectivity index (χ4n) is 1.55. The van der Waals surface area contributed by atoms with Gasteiger partial charge in [0.15, 0.2) is 11.6 Å². The topological polar surface area (TPSA) is 38.3 Å². The van der Waals surface area contributed by atoms with E-state index in [0.29, 0.717) is 5.56 Å². The maximum Gasteiger partial charge on any atom is 0.254 e. The average Bonchev–Trinajstić information content (AvgIpc) is 2.44. The van der Waals surface area contributed by atoms with E-state index in [2.05, 4.69) is 18.5 Å². The molecule has 1 amide bonds. The van der Waals surface area contributed by atoms with E-state index in [4.69, 9.17) is 27.9 Å². The van der Waals surface area contributed by atoms with Crippen LogP contribution in [0.3, 0.4) is 0 Å². The van der Waals surface area contributed by atoms with Gasteiger partial charge < -0.3 is 10.1 Å². The summed E-state index contributed by atoms with van der Waals surface area (Å²) in [6, 6.07) is 4.38. The van der Waals surface area contributed by atoms with Crippen LogP contribution in [0.15, 0.2) is 53.1 Å². The van der Waals surface area contributed by atoms with E-state index in [1.807, 2.05) is 0 Å². The second-order valence-electron chi connectivity index (χ2n) is 3.98. The Labute approximate surface area is 132 Å². The maximum absolute atomic E-state index is 13.5.